The Morgan fingerprint density at radius 1 is 1.13 bits per heavy atom. The van der Waals surface area contributed by atoms with Gasteiger partial charge in [0.1, 0.15) is 6.17 Å². The van der Waals surface area contributed by atoms with E-state index in [0.717, 1.165) is 12.8 Å². The Morgan fingerprint density at radius 2 is 1.80 bits per heavy atom. The van der Waals surface area contributed by atoms with Gasteiger partial charge in [-0.1, -0.05) is 18.9 Å². The molecule has 0 aromatic heterocycles. The number of fused-ring (bicyclic) bond motifs is 1. The van der Waals surface area contributed by atoms with Crippen LogP contribution in [-0.2, 0) is 4.79 Å². The Balaban J connectivity index is 1.85. The molecule has 2 fully saturated rings. The van der Waals surface area contributed by atoms with Gasteiger partial charge in [-0.3, -0.25) is 4.79 Å². The molecule has 0 aromatic rings. The number of hydrogen-bond donors (Lipinski definition) is 3. The molecule has 1 aliphatic heterocycles. The van der Waals surface area contributed by atoms with E-state index < -0.39 is 24.3 Å². The molecule has 0 aromatic carbocycles. The van der Waals surface area contributed by atoms with E-state index in [0.29, 0.717) is 36.8 Å². The molecule has 2 aliphatic carbocycles. The fourth-order valence-corrected chi connectivity index (χ4v) is 5.89. The Morgan fingerprint density at radius 3 is 2.43 bits per heavy atom. The summed E-state index contributed by atoms with van der Waals surface area (Å²) in [5.41, 5.74) is 2.63. The van der Waals surface area contributed by atoms with Gasteiger partial charge in [0.25, 0.3) is 0 Å². The van der Waals surface area contributed by atoms with E-state index in [1.54, 1.807) is 6.08 Å². The Labute approximate surface area is 179 Å². The Hall–Kier alpha value is -1.40. The highest BCUT2D eigenvalue weighted by molar-refractivity contribution is 5.67. The van der Waals surface area contributed by atoms with Crippen LogP contribution in [0.25, 0.3) is 0 Å². The zero-order chi connectivity index (χ0) is 21.8. The second kappa shape index (κ2) is 10.3. The molecule has 3 aliphatic rings. The number of rotatable bonds is 8. The molecule has 0 saturated heterocycles. The van der Waals surface area contributed by atoms with E-state index >= 15 is 0 Å². The third kappa shape index (κ3) is 5.44. The minimum Gasteiger partial charge on any atom is -0.481 e. The highest BCUT2D eigenvalue weighted by atomic mass is 19.1. The molecule has 2 saturated carbocycles. The summed E-state index contributed by atoms with van der Waals surface area (Å²) in [4.78, 5) is 13.3. The van der Waals surface area contributed by atoms with Crippen LogP contribution in [0.15, 0.2) is 23.4 Å². The monoisotopic (exact) mass is 423 g/mol. The Kier molecular flexibility index (Phi) is 7.97. The molecule has 3 rings (SSSR count). The predicted octanol–water partition coefficient (Wildman–Crippen LogP) is 4.19. The number of carboxylic acid groups (broad SMARTS) is 1. The third-order valence-corrected chi connectivity index (χ3v) is 7.11. The van der Waals surface area contributed by atoms with Gasteiger partial charge in [-0.2, -0.15) is 0 Å². The first kappa shape index (κ1) is 23.3. The summed E-state index contributed by atoms with van der Waals surface area (Å²) in [5, 5.41) is 29.0. The van der Waals surface area contributed by atoms with Crippen molar-refractivity contribution in [2.24, 2.45) is 11.8 Å². The minimum atomic E-state index is -1.07. The molecule has 30 heavy (non-hydrogen) atoms. The summed E-state index contributed by atoms with van der Waals surface area (Å²) in [6, 6.07) is 0.811. The maximum atomic E-state index is 13.8. The van der Waals surface area contributed by atoms with E-state index in [-0.39, 0.29) is 12.8 Å². The van der Waals surface area contributed by atoms with Gasteiger partial charge in [0.05, 0.1) is 18.6 Å². The number of aliphatic carboxylic acids is 1. The van der Waals surface area contributed by atoms with Crippen molar-refractivity contribution in [1.29, 1.82) is 0 Å². The van der Waals surface area contributed by atoms with Crippen molar-refractivity contribution in [3.63, 3.8) is 0 Å². The number of carboxylic acids is 1. The van der Waals surface area contributed by atoms with Crippen molar-refractivity contribution in [2.45, 2.75) is 109 Å². The van der Waals surface area contributed by atoms with Crippen LogP contribution in [0.3, 0.4) is 0 Å². The fourth-order valence-electron chi connectivity index (χ4n) is 5.89. The first-order chi connectivity index (χ1) is 14.3. The number of allylic oxidation sites excluding steroid dienone is 1. The van der Waals surface area contributed by atoms with E-state index in [1.165, 1.54) is 37.0 Å². The van der Waals surface area contributed by atoms with Crippen molar-refractivity contribution < 1.29 is 24.5 Å². The fraction of sp³-hybridized carbons (Fsp3) is 0.792. The summed E-state index contributed by atoms with van der Waals surface area (Å²) < 4.78 is 13.8. The molecule has 6 heteroatoms. The molecular weight excluding hydrogens is 385 g/mol. The number of carbonyl (C=O) groups is 1. The van der Waals surface area contributed by atoms with Gasteiger partial charge >= 0.3 is 5.97 Å². The van der Waals surface area contributed by atoms with E-state index in [9.17, 15) is 19.4 Å². The topological polar surface area (TPSA) is 81.0 Å². The molecule has 4 atom stereocenters. The second-order valence-electron chi connectivity index (χ2n) is 9.66. The molecular formula is C24H38FNO4. The second-order valence-corrected chi connectivity index (χ2v) is 9.66. The summed E-state index contributed by atoms with van der Waals surface area (Å²) in [7, 11) is 0. The van der Waals surface area contributed by atoms with Crippen LogP contribution in [0.4, 0.5) is 4.39 Å². The largest absolute Gasteiger partial charge is 0.481 e. The van der Waals surface area contributed by atoms with Crippen molar-refractivity contribution >= 4 is 5.97 Å². The first-order valence-corrected chi connectivity index (χ1v) is 11.7. The van der Waals surface area contributed by atoms with Gasteiger partial charge in [0.2, 0.25) is 0 Å². The summed E-state index contributed by atoms with van der Waals surface area (Å²) >= 11 is 0. The van der Waals surface area contributed by atoms with Crippen molar-refractivity contribution in [1.82, 2.24) is 4.90 Å². The standard InChI is InChI=1S/C24H38FNO4/c1-15(2)26-21-6-4-3-5-20(21)24(16-7-9-17(25)10-8-16)22(26)12-11-18(27)13-19(28)14-23(29)30/h11-12,15-21,27-28H,3-10,13-14H2,1-2H3,(H,29,30)/b12-11+. The normalized spacial score (nSPS) is 32.0. The molecule has 3 N–H and O–H groups in total. The lowest BCUT2D eigenvalue weighted by molar-refractivity contribution is -0.139. The molecule has 0 bridgehead atoms. The van der Waals surface area contributed by atoms with E-state index in [4.69, 9.17) is 5.11 Å². The van der Waals surface area contributed by atoms with Gasteiger partial charge in [0, 0.05) is 30.1 Å². The average molecular weight is 424 g/mol. The molecule has 1 heterocycles. The minimum absolute atomic E-state index is 0.00685. The maximum absolute atomic E-state index is 13.8. The summed E-state index contributed by atoms with van der Waals surface area (Å²) in [5.74, 6) is -0.157. The van der Waals surface area contributed by atoms with Gasteiger partial charge in [-0.05, 0) is 69.9 Å². The molecule has 5 nitrogen and oxygen atoms in total. The molecule has 0 spiro atoms. The van der Waals surface area contributed by atoms with Crippen LogP contribution in [0, 0.1) is 11.8 Å². The number of alkyl halides is 1. The lowest BCUT2D eigenvalue weighted by Gasteiger charge is -2.38. The van der Waals surface area contributed by atoms with Crippen LogP contribution in [0.2, 0.25) is 0 Å². The number of aliphatic hydroxyl groups excluding tert-OH is 2. The lowest BCUT2D eigenvalue weighted by Crippen LogP contribution is -2.40. The van der Waals surface area contributed by atoms with E-state index in [2.05, 4.69) is 18.7 Å². The van der Waals surface area contributed by atoms with E-state index in [1.807, 2.05) is 6.08 Å². The zero-order valence-electron chi connectivity index (χ0n) is 18.3. The van der Waals surface area contributed by atoms with Crippen molar-refractivity contribution in [2.75, 3.05) is 0 Å². The van der Waals surface area contributed by atoms with Crippen LogP contribution in [0.1, 0.15) is 78.1 Å². The highest BCUT2D eigenvalue weighted by Gasteiger charge is 2.44. The number of hydrogen-bond acceptors (Lipinski definition) is 4. The maximum Gasteiger partial charge on any atom is 0.305 e. The van der Waals surface area contributed by atoms with Gasteiger partial charge in [0.15, 0.2) is 0 Å². The molecule has 0 amide bonds. The molecule has 170 valence electrons. The molecule has 0 radical (unpaired) electrons. The van der Waals surface area contributed by atoms with Gasteiger partial charge < -0.3 is 20.2 Å². The van der Waals surface area contributed by atoms with Crippen LogP contribution in [-0.4, -0.2) is 56.7 Å². The van der Waals surface area contributed by atoms with Crippen molar-refractivity contribution in [3.8, 4) is 0 Å². The average Bonchev–Trinajstić information content (AvgIpc) is 3.00. The summed E-state index contributed by atoms with van der Waals surface area (Å²) in [6.07, 6.45) is 8.55. The Bertz CT molecular complexity index is 654. The number of nitrogens with zero attached hydrogens (tertiary/aromatic N) is 1. The van der Waals surface area contributed by atoms with Crippen molar-refractivity contribution in [3.05, 3.63) is 23.4 Å². The highest BCUT2D eigenvalue weighted by Crippen LogP contribution is 2.49. The van der Waals surface area contributed by atoms with Gasteiger partial charge in [-0.25, -0.2) is 4.39 Å². The lowest BCUT2D eigenvalue weighted by atomic mass is 9.73. The van der Waals surface area contributed by atoms with Crippen LogP contribution < -0.4 is 0 Å². The zero-order valence-corrected chi connectivity index (χ0v) is 18.3. The third-order valence-electron chi connectivity index (χ3n) is 7.11. The molecule has 4 unspecified atom stereocenters. The number of halogens is 1. The van der Waals surface area contributed by atoms with Crippen LogP contribution in [0.5, 0.6) is 0 Å². The van der Waals surface area contributed by atoms with Gasteiger partial charge in [-0.15, -0.1) is 0 Å². The summed E-state index contributed by atoms with van der Waals surface area (Å²) in [6.45, 7) is 4.40. The quantitative estimate of drug-likeness (QED) is 0.545. The van der Waals surface area contributed by atoms with Crippen LogP contribution >= 0.6 is 0 Å². The first-order valence-electron chi connectivity index (χ1n) is 11.7. The predicted molar refractivity (Wildman–Crippen MR) is 115 cm³/mol. The smallest absolute Gasteiger partial charge is 0.305 e. The number of aliphatic hydroxyl groups is 2. The SMILES string of the molecule is CC(C)N1C(/C=C/C(O)CC(O)CC(=O)O)=C(C2CCC(F)CC2)C2CCCCC21.